The van der Waals surface area contributed by atoms with E-state index in [-0.39, 0.29) is 10.8 Å². The molecule has 0 atom stereocenters. The van der Waals surface area contributed by atoms with E-state index in [0.717, 1.165) is 24.4 Å². The third-order valence-corrected chi connectivity index (χ3v) is 2.75. The van der Waals surface area contributed by atoms with E-state index >= 15 is 0 Å². The van der Waals surface area contributed by atoms with Gasteiger partial charge in [0.25, 0.3) is 0 Å². The highest BCUT2D eigenvalue weighted by molar-refractivity contribution is 6.30. The van der Waals surface area contributed by atoms with E-state index in [9.17, 15) is 4.39 Å². The van der Waals surface area contributed by atoms with Crippen LogP contribution in [0.4, 0.5) is 4.39 Å². The molecule has 0 aliphatic rings. The number of nitrogens with one attached hydrogen (secondary N) is 1. The molecule has 0 aromatic heterocycles. The topological polar surface area (TPSA) is 12.0 Å². The van der Waals surface area contributed by atoms with Gasteiger partial charge in [-0.05, 0) is 43.0 Å². The molecule has 0 saturated carbocycles. The molecule has 0 aliphatic heterocycles. The first kappa shape index (κ1) is 13.5. The zero-order chi connectivity index (χ0) is 12.0. The van der Waals surface area contributed by atoms with Crippen LogP contribution < -0.4 is 5.32 Å². The zero-order valence-electron chi connectivity index (χ0n) is 9.89. The van der Waals surface area contributed by atoms with Gasteiger partial charge in [0.2, 0.25) is 0 Å². The van der Waals surface area contributed by atoms with E-state index < -0.39 is 0 Å². The molecule has 0 aliphatic carbocycles. The standard InChI is InChI=1S/C13H19ClFN/c1-10(2)4-3-7-16-9-11-5-6-12(14)13(15)8-11/h5-6,8,10,16H,3-4,7,9H2,1-2H3. The van der Waals surface area contributed by atoms with E-state index in [1.807, 2.05) is 6.07 Å². The fourth-order valence-corrected chi connectivity index (χ4v) is 1.64. The van der Waals surface area contributed by atoms with E-state index in [4.69, 9.17) is 11.6 Å². The van der Waals surface area contributed by atoms with Crippen molar-refractivity contribution in [1.29, 1.82) is 0 Å². The number of halogens is 2. The van der Waals surface area contributed by atoms with Crippen LogP contribution in [0, 0.1) is 11.7 Å². The van der Waals surface area contributed by atoms with Crippen molar-refractivity contribution in [3.63, 3.8) is 0 Å². The number of benzene rings is 1. The molecule has 0 fully saturated rings. The summed E-state index contributed by atoms with van der Waals surface area (Å²) in [6.45, 7) is 6.11. The Balaban J connectivity index is 2.24. The molecule has 0 bridgehead atoms. The van der Waals surface area contributed by atoms with Crippen LogP contribution in [0.2, 0.25) is 5.02 Å². The molecule has 0 saturated heterocycles. The maximum absolute atomic E-state index is 13.1. The van der Waals surface area contributed by atoms with Crippen molar-refractivity contribution in [1.82, 2.24) is 5.32 Å². The van der Waals surface area contributed by atoms with Gasteiger partial charge >= 0.3 is 0 Å². The molecule has 90 valence electrons. The van der Waals surface area contributed by atoms with Crippen LogP contribution in [-0.2, 0) is 6.54 Å². The average molecular weight is 244 g/mol. The summed E-state index contributed by atoms with van der Waals surface area (Å²) in [5.41, 5.74) is 0.937. The lowest BCUT2D eigenvalue weighted by atomic mass is 10.1. The van der Waals surface area contributed by atoms with Crippen LogP contribution in [0.5, 0.6) is 0 Å². The normalized spacial score (nSPS) is 11.1. The maximum atomic E-state index is 13.1. The number of hydrogen-bond donors (Lipinski definition) is 1. The quantitative estimate of drug-likeness (QED) is 0.745. The molecular formula is C13H19ClFN. The first-order valence-electron chi connectivity index (χ1n) is 5.74. The van der Waals surface area contributed by atoms with Gasteiger partial charge < -0.3 is 5.32 Å². The molecule has 1 nitrogen and oxygen atoms in total. The van der Waals surface area contributed by atoms with Crippen LogP contribution in [0.25, 0.3) is 0 Å². The Kier molecular flexibility index (Phi) is 5.78. The monoisotopic (exact) mass is 243 g/mol. The number of rotatable bonds is 6. The Morgan fingerprint density at radius 2 is 2.12 bits per heavy atom. The molecule has 3 heteroatoms. The van der Waals surface area contributed by atoms with E-state index in [1.165, 1.54) is 12.5 Å². The molecule has 0 radical (unpaired) electrons. The number of hydrogen-bond acceptors (Lipinski definition) is 1. The summed E-state index contributed by atoms with van der Waals surface area (Å²) in [5.74, 6) is 0.401. The summed E-state index contributed by atoms with van der Waals surface area (Å²) in [6.07, 6.45) is 2.38. The van der Waals surface area contributed by atoms with Crippen molar-refractivity contribution < 1.29 is 4.39 Å². The molecule has 0 unspecified atom stereocenters. The Morgan fingerprint density at radius 1 is 1.38 bits per heavy atom. The maximum Gasteiger partial charge on any atom is 0.142 e. The van der Waals surface area contributed by atoms with Gasteiger partial charge in [0, 0.05) is 6.54 Å². The van der Waals surface area contributed by atoms with Crippen LogP contribution in [0.15, 0.2) is 18.2 Å². The van der Waals surface area contributed by atoms with Crippen molar-refractivity contribution in [2.24, 2.45) is 5.92 Å². The van der Waals surface area contributed by atoms with E-state index in [1.54, 1.807) is 6.07 Å². The van der Waals surface area contributed by atoms with Gasteiger partial charge in [0.05, 0.1) is 5.02 Å². The van der Waals surface area contributed by atoms with E-state index in [2.05, 4.69) is 19.2 Å². The molecule has 0 heterocycles. The highest BCUT2D eigenvalue weighted by Gasteiger charge is 2.00. The van der Waals surface area contributed by atoms with Gasteiger partial charge in [-0.2, -0.15) is 0 Å². The predicted octanol–water partition coefficient (Wildman–Crippen LogP) is 4.00. The molecule has 0 amide bonds. The van der Waals surface area contributed by atoms with Crippen LogP contribution >= 0.6 is 11.6 Å². The lowest BCUT2D eigenvalue weighted by molar-refractivity contribution is 0.527. The van der Waals surface area contributed by atoms with Crippen molar-refractivity contribution >= 4 is 11.6 Å². The van der Waals surface area contributed by atoms with Gasteiger partial charge in [-0.3, -0.25) is 0 Å². The van der Waals surface area contributed by atoms with Crippen molar-refractivity contribution in [2.45, 2.75) is 33.2 Å². The highest BCUT2D eigenvalue weighted by Crippen LogP contribution is 2.15. The van der Waals surface area contributed by atoms with Crippen molar-refractivity contribution in [2.75, 3.05) is 6.54 Å². The fourth-order valence-electron chi connectivity index (χ4n) is 1.52. The first-order chi connectivity index (χ1) is 7.59. The Bertz CT molecular complexity index is 326. The van der Waals surface area contributed by atoms with Gasteiger partial charge in [0.1, 0.15) is 5.82 Å². The molecule has 16 heavy (non-hydrogen) atoms. The molecule has 1 aromatic rings. The molecule has 1 rings (SSSR count). The van der Waals surface area contributed by atoms with Gasteiger partial charge in [0.15, 0.2) is 0 Å². The summed E-state index contributed by atoms with van der Waals surface area (Å²) in [4.78, 5) is 0. The summed E-state index contributed by atoms with van der Waals surface area (Å²) in [5, 5.41) is 3.48. The summed E-state index contributed by atoms with van der Waals surface area (Å²) < 4.78 is 13.1. The Hall–Kier alpha value is -0.600. The highest BCUT2D eigenvalue weighted by atomic mass is 35.5. The van der Waals surface area contributed by atoms with E-state index in [0.29, 0.717) is 6.54 Å². The van der Waals surface area contributed by atoms with Crippen LogP contribution in [0.3, 0.4) is 0 Å². The Morgan fingerprint density at radius 3 is 2.75 bits per heavy atom. The second kappa shape index (κ2) is 6.87. The summed E-state index contributed by atoms with van der Waals surface area (Å²) in [7, 11) is 0. The molecule has 0 spiro atoms. The smallest absolute Gasteiger partial charge is 0.142 e. The minimum atomic E-state index is -0.344. The fraction of sp³-hybridized carbons (Fsp3) is 0.538. The third kappa shape index (κ3) is 4.95. The first-order valence-corrected chi connectivity index (χ1v) is 6.12. The minimum absolute atomic E-state index is 0.184. The second-order valence-corrected chi connectivity index (χ2v) is 4.87. The minimum Gasteiger partial charge on any atom is -0.313 e. The third-order valence-electron chi connectivity index (χ3n) is 2.45. The molecular weight excluding hydrogens is 225 g/mol. The molecule has 1 aromatic carbocycles. The van der Waals surface area contributed by atoms with Crippen LogP contribution in [-0.4, -0.2) is 6.54 Å². The van der Waals surface area contributed by atoms with Gasteiger partial charge in [-0.15, -0.1) is 0 Å². The second-order valence-electron chi connectivity index (χ2n) is 4.46. The predicted molar refractivity (Wildman–Crippen MR) is 67.2 cm³/mol. The van der Waals surface area contributed by atoms with Gasteiger partial charge in [-0.1, -0.05) is 31.5 Å². The average Bonchev–Trinajstić information content (AvgIpc) is 2.22. The summed E-state index contributed by atoms with van der Waals surface area (Å²) >= 11 is 5.60. The molecule has 1 N–H and O–H groups in total. The SMILES string of the molecule is CC(C)CCCNCc1ccc(Cl)c(F)c1. The zero-order valence-corrected chi connectivity index (χ0v) is 10.6. The van der Waals surface area contributed by atoms with Crippen LogP contribution in [0.1, 0.15) is 32.3 Å². The van der Waals surface area contributed by atoms with Crippen molar-refractivity contribution in [3.8, 4) is 0 Å². The van der Waals surface area contributed by atoms with Gasteiger partial charge in [-0.25, -0.2) is 4.39 Å². The summed E-state index contributed by atoms with van der Waals surface area (Å²) in [6, 6.07) is 4.93. The lowest BCUT2D eigenvalue weighted by Gasteiger charge is -2.07. The van der Waals surface area contributed by atoms with Crippen molar-refractivity contribution in [3.05, 3.63) is 34.6 Å². The lowest BCUT2D eigenvalue weighted by Crippen LogP contribution is -2.15. The Labute approximate surface area is 102 Å². The largest absolute Gasteiger partial charge is 0.313 e.